The lowest BCUT2D eigenvalue weighted by Crippen LogP contribution is -1.83. The average molecular weight is 156 g/mol. The zero-order valence-electron chi connectivity index (χ0n) is 5.57. The Morgan fingerprint density at radius 1 is 1.70 bits per heavy atom. The first-order valence-corrected chi connectivity index (χ1v) is 3.78. The van der Waals surface area contributed by atoms with Gasteiger partial charge in [-0.05, 0) is 19.1 Å². The predicted octanol–water partition coefficient (Wildman–Crippen LogP) is 1.61. The van der Waals surface area contributed by atoms with E-state index in [0.717, 1.165) is 11.2 Å². The van der Waals surface area contributed by atoms with E-state index in [2.05, 4.69) is 0 Å². The largest absolute Gasteiger partial charge is 0.388 e. The Labute approximate surface area is 63.1 Å². The Morgan fingerprint density at radius 2 is 2.40 bits per heavy atom. The molecular weight excluding hydrogens is 148 g/mol. The molecule has 0 aliphatic heterocycles. The van der Waals surface area contributed by atoms with Gasteiger partial charge in [0, 0.05) is 4.88 Å². The maximum atomic E-state index is 10.2. The quantitative estimate of drug-likeness (QED) is 0.660. The summed E-state index contributed by atoms with van der Waals surface area (Å²) in [6.07, 6.45) is 0.329. The molecule has 1 aromatic heterocycles. The topological polar surface area (TPSA) is 37.3 Å². The van der Waals surface area contributed by atoms with Gasteiger partial charge in [-0.25, -0.2) is 0 Å². The van der Waals surface area contributed by atoms with E-state index in [4.69, 9.17) is 5.11 Å². The third kappa shape index (κ3) is 1.43. The van der Waals surface area contributed by atoms with E-state index in [1.807, 2.05) is 0 Å². The Hall–Kier alpha value is -0.670. The van der Waals surface area contributed by atoms with Gasteiger partial charge in [0.25, 0.3) is 0 Å². The van der Waals surface area contributed by atoms with E-state index in [1.54, 1.807) is 19.1 Å². The minimum absolute atomic E-state index is 0.460. The summed E-state index contributed by atoms with van der Waals surface area (Å²) in [5, 5.41) is 9.03. The van der Waals surface area contributed by atoms with Gasteiger partial charge in [0.1, 0.15) is 0 Å². The van der Waals surface area contributed by atoms with Crippen LogP contribution in [-0.4, -0.2) is 11.4 Å². The van der Waals surface area contributed by atoms with Gasteiger partial charge in [-0.3, -0.25) is 4.79 Å². The van der Waals surface area contributed by atoms with Crippen molar-refractivity contribution >= 4 is 17.6 Å². The van der Waals surface area contributed by atoms with Crippen LogP contribution in [0.5, 0.6) is 0 Å². The Bertz CT molecular complexity index is 227. The second-order valence-corrected chi connectivity index (χ2v) is 3.18. The molecule has 0 aromatic carbocycles. The van der Waals surface area contributed by atoms with Crippen LogP contribution < -0.4 is 0 Å². The van der Waals surface area contributed by atoms with Crippen LogP contribution >= 0.6 is 11.3 Å². The number of hydrogen-bond donors (Lipinski definition) is 1. The molecule has 0 aliphatic carbocycles. The van der Waals surface area contributed by atoms with Crippen LogP contribution in [0.25, 0.3) is 0 Å². The van der Waals surface area contributed by atoms with E-state index in [9.17, 15) is 4.79 Å². The molecule has 3 heteroatoms. The van der Waals surface area contributed by atoms with Crippen molar-refractivity contribution in [3.63, 3.8) is 0 Å². The van der Waals surface area contributed by atoms with Crippen LogP contribution in [0.2, 0.25) is 0 Å². The maximum Gasteiger partial charge on any atom is 0.160 e. The first-order valence-electron chi connectivity index (χ1n) is 2.97. The third-order valence-corrected chi connectivity index (χ3v) is 2.36. The molecule has 1 heterocycles. The molecule has 0 radical (unpaired) electrons. The number of aliphatic hydroxyl groups is 1. The van der Waals surface area contributed by atoms with Crippen molar-refractivity contribution in [2.45, 2.75) is 13.0 Å². The molecule has 0 saturated heterocycles. The minimum atomic E-state index is -0.460. The number of aldehydes is 1. The van der Waals surface area contributed by atoms with Crippen LogP contribution in [0.1, 0.15) is 27.6 Å². The third-order valence-electron chi connectivity index (χ3n) is 1.18. The van der Waals surface area contributed by atoms with E-state index < -0.39 is 6.10 Å². The van der Waals surface area contributed by atoms with Gasteiger partial charge in [0.15, 0.2) is 6.29 Å². The standard InChI is InChI=1S/C7H8O2S/c1-5(9)7-3-2-6(4-8)10-7/h2-5,9H,1H3. The van der Waals surface area contributed by atoms with Gasteiger partial charge < -0.3 is 5.11 Å². The van der Waals surface area contributed by atoms with Crippen LogP contribution in [0.3, 0.4) is 0 Å². The van der Waals surface area contributed by atoms with Crippen molar-refractivity contribution in [1.82, 2.24) is 0 Å². The number of aliphatic hydroxyl groups excluding tert-OH is 1. The smallest absolute Gasteiger partial charge is 0.160 e. The SMILES string of the molecule is CC(O)c1ccc(C=O)s1. The zero-order valence-corrected chi connectivity index (χ0v) is 6.39. The van der Waals surface area contributed by atoms with Crippen molar-refractivity contribution in [2.75, 3.05) is 0 Å². The van der Waals surface area contributed by atoms with E-state index >= 15 is 0 Å². The summed E-state index contributed by atoms with van der Waals surface area (Å²) in [5.74, 6) is 0. The molecular formula is C7H8O2S. The van der Waals surface area contributed by atoms with Gasteiger partial charge in [-0.15, -0.1) is 11.3 Å². The number of rotatable bonds is 2. The highest BCUT2D eigenvalue weighted by molar-refractivity contribution is 7.13. The molecule has 0 spiro atoms. The Balaban J connectivity index is 2.88. The number of hydrogen-bond acceptors (Lipinski definition) is 3. The second-order valence-electron chi connectivity index (χ2n) is 2.03. The summed E-state index contributed by atoms with van der Waals surface area (Å²) in [6.45, 7) is 1.68. The van der Waals surface area contributed by atoms with Gasteiger partial charge in [0.05, 0.1) is 11.0 Å². The molecule has 0 aliphatic rings. The van der Waals surface area contributed by atoms with Crippen LogP contribution in [0.15, 0.2) is 12.1 Å². The summed E-state index contributed by atoms with van der Waals surface area (Å²) in [7, 11) is 0. The summed E-state index contributed by atoms with van der Waals surface area (Å²) in [5.41, 5.74) is 0. The lowest BCUT2D eigenvalue weighted by molar-refractivity contribution is 0.112. The molecule has 1 N–H and O–H groups in total. The second kappa shape index (κ2) is 2.94. The number of carbonyl (C=O) groups excluding carboxylic acids is 1. The first kappa shape index (κ1) is 7.44. The summed E-state index contributed by atoms with van der Waals surface area (Å²) < 4.78 is 0. The lowest BCUT2D eigenvalue weighted by atomic mass is 10.3. The van der Waals surface area contributed by atoms with Gasteiger partial charge in [-0.2, -0.15) is 0 Å². The van der Waals surface area contributed by atoms with Crippen molar-refractivity contribution in [3.8, 4) is 0 Å². The minimum Gasteiger partial charge on any atom is -0.388 e. The monoisotopic (exact) mass is 156 g/mol. The van der Waals surface area contributed by atoms with Gasteiger partial charge in [-0.1, -0.05) is 0 Å². The molecule has 0 bridgehead atoms. The summed E-state index contributed by atoms with van der Waals surface area (Å²) in [6, 6.07) is 3.47. The van der Waals surface area contributed by atoms with Gasteiger partial charge >= 0.3 is 0 Å². The predicted molar refractivity (Wildman–Crippen MR) is 40.3 cm³/mol. The van der Waals surface area contributed by atoms with Gasteiger partial charge in [0.2, 0.25) is 0 Å². The molecule has 2 nitrogen and oxygen atoms in total. The van der Waals surface area contributed by atoms with Crippen LogP contribution in [0.4, 0.5) is 0 Å². The fraction of sp³-hybridized carbons (Fsp3) is 0.286. The van der Waals surface area contributed by atoms with E-state index in [0.29, 0.717) is 4.88 Å². The Morgan fingerprint density at radius 3 is 2.70 bits per heavy atom. The van der Waals surface area contributed by atoms with Crippen LogP contribution in [-0.2, 0) is 0 Å². The highest BCUT2D eigenvalue weighted by Gasteiger charge is 2.03. The Kier molecular flexibility index (Phi) is 2.19. The molecule has 1 atom stereocenters. The molecule has 10 heavy (non-hydrogen) atoms. The highest BCUT2D eigenvalue weighted by atomic mass is 32.1. The first-order chi connectivity index (χ1) is 4.74. The fourth-order valence-electron chi connectivity index (χ4n) is 0.656. The van der Waals surface area contributed by atoms with Crippen LogP contribution in [0, 0.1) is 0 Å². The number of carbonyl (C=O) groups is 1. The van der Waals surface area contributed by atoms with E-state index in [1.165, 1.54) is 11.3 Å². The zero-order chi connectivity index (χ0) is 7.56. The van der Waals surface area contributed by atoms with Crippen molar-refractivity contribution in [1.29, 1.82) is 0 Å². The summed E-state index contributed by atoms with van der Waals surface area (Å²) in [4.78, 5) is 11.7. The molecule has 0 amide bonds. The lowest BCUT2D eigenvalue weighted by Gasteiger charge is -1.95. The summed E-state index contributed by atoms with van der Waals surface area (Å²) >= 11 is 1.32. The van der Waals surface area contributed by atoms with Crippen molar-refractivity contribution < 1.29 is 9.90 Å². The van der Waals surface area contributed by atoms with E-state index in [-0.39, 0.29) is 0 Å². The molecule has 1 unspecified atom stereocenters. The molecule has 0 fully saturated rings. The van der Waals surface area contributed by atoms with Crippen molar-refractivity contribution in [3.05, 3.63) is 21.9 Å². The molecule has 1 rings (SSSR count). The molecule has 0 saturated carbocycles. The van der Waals surface area contributed by atoms with Crippen molar-refractivity contribution in [2.24, 2.45) is 0 Å². The molecule has 1 aromatic rings. The highest BCUT2D eigenvalue weighted by Crippen LogP contribution is 2.21. The molecule has 54 valence electrons. The average Bonchev–Trinajstić information content (AvgIpc) is 2.34. The fourth-order valence-corrected chi connectivity index (χ4v) is 1.42. The maximum absolute atomic E-state index is 10.2. The normalized spacial score (nSPS) is 13.0. The number of thiophene rings is 1.